The monoisotopic (exact) mass is 322 g/mol. The predicted octanol–water partition coefficient (Wildman–Crippen LogP) is 1.89. The van der Waals surface area contributed by atoms with Crippen molar-refractivity contribution in [2.24, 2.45) is 11.8 Å². The van der Waals surface area contributed by atoms with Crippen LogP contribution in [0.4, 0.5) is 0 Å². The molecule has 4 heteroatoms. The average molecular weight is 322 g/mol. The van der Waals surface area contributed by atoms with Gasteiger partial charge in [0.25, 0.3) is 0 Å². The highest BCUT2D eigenvalue weighted by Crippen LogP contribution is 2.30. The Morgan fingerprint density at radius 2 is 1.04 bits per heavy atom. The molecule has 0 saturated heterocycles. The van der Waals surface area contributed by atoms with E-state index in [-0.39, 0.29) is 0 Å². The van der Waals surface area contributed by atoms with Crippen LogP contribution in [0.1, 0.15) is 25.7 Å². The first-order valence-corrected chi connectivity index (χ1v) is 8.73. The van der Waals surface area contributed by atoms with E-state index in [4.69, 9.17) is 0 Å². The predicted molar refractivity (Wildman–Crippen MR) is 87.7 cm³/mol. The van der Waals surface area contributed by atoms with Crippen molar-refractivity contribution in [1.29, 1.82) is 0 Å². The molecule has 2 aliphatic carbocycles. The van der Waals surface area contributed by atoms with E-state index in [0.717, 1.165) is 36.8 Å². The van der Waals surface area contributed by atoms with Crippen molar-refractivity contribution in [3.05, 3.63) is 49.1 Å². The van der Waals surface area contributed by atoms with Crippen LogP contribution in [0.3, 0.4) is 0 Å². The minimum Gasteiger partial charge on any atom is -0.292 e. The Hall–Kier alpha value is -2.36. The summed E-state index contributed by atoms with van der Waals surface area (Å²) in [5, 5.41) is 0. The molecule has 2 aromatic heterocycles. The van der Waals surface area contributed by atoms with Crippen molar-refractivity contribution >= 4 is 11.6 Å². The van der Waals surface area contributed by atoms with E-state index < -0.39 is 0 Å². The van der Waals surface area contributed by atoms with Gasteiger partial charge >= 0.3 is 0 Å². The maximum Gasteiger partial charge on any atom is 0.206 e. The van der Waals surface area contributed by atoms with Gasteiger partial charge in [0.15, 0.2) is 36.4 Å². The molecule has 2 fully saturated rings. The van der Waals surface area contributed by atoms with E-state index in [1.807, 2.05) is 58.2 Å². The summed E-state index contributed by atoms with van der Waals surface area (Å²) in [7, 11) is 0. The average Bonchev–Trinajstić information content (AvgIpc) is 3.49. The largest absolute Gasteiger partial charge is 0.292 e. The zero-order valence-corrected chi connectivity index (χ0v) is 13.7. The van der Waals surface area contributed by atoms with Gasteiger partial charge in [-0.15, -0.1) is 0 Å². The van der Waals surface area contributed by atoms with Gasteiger partial charge in [0.1, 0.15) is 0 Å². The van der Waals surface area contributed by atoms with Gasteiger partial charge in [0.2, 0.25) is 13.1 Å². The quantitative estimate of drug-likeness (QED) is 0.731. The zero-order chi connectivity index (χ0) is 16.5. The van der Waals surface area contributed by atoms with Crippen LogP contribution in [-0.2, 0) is 22.7 Å². The van der Waals surface area contributed by atoms with Gasteiger partial charge in [-0.2, -0.15) is 9.13 Å². The molecule has 0 bridgehead atoms. The summed E-state index contributed by atoms with van der Waals surface area (Å²) in [5.41, 5.74) is 2.23. The highest BCUT2D eigenvalue weighted by Gasteiger charge is 2.32. The maximum absolute atomic E-state index is 11.9. The molecule has 0 N–H and O–H groups in total. The van der Waals surface area contributed by atoms with Gasteiger partial charge < -0.3 is 0 Å². The van der Waals surface area contributed by atoms with Crippen molar-refractivity contribution < 1.29 is 18.7 Å². The van der Waals surface area contributed by atoms with Crippen LogP contribution in [0.25, 0.3) is 11.1 Å². The summed E-state index contributed by atoms with van der Waals surface area (Å²) in [6.45, 7) is 0.950. The molecule has 0 radical (unpaired) electrons. The number of ketones is 2. The van der Waals surface area contributed by atoms with Crippen molar-refractivity contribution in [1.82, 2.24) is 0 Å². The minimum atomic E-state index is 0.306. The fraction of sp³-hybridized carbons (Fsp3) is 0.400. The molecular formula is C20H22N2O2+2. The van der Waals surface area contributed by atoms with Crippen LogP contribution in [0.15, 0.2) is 49.1 Å². The SMILES string of the molecule is O=C(C[n+]1ccc(-c2cc[n+](CC(=O)C3CC3)cc2)cc1)C1CC1. The highest BCUT2D eigenvalue weighted by atomic mass is 16.1. The molecule has 2 aromatic rings. The molecule has 2 heterocycles. The molecule has 0 atom stereocenters. The first-order valence-electron chi connectivity index (χ1n) is 8.73. The van der Waals surface area contributed by atoms with E-state index in [0.29, 0.717) is 36.5 Å². The Bertz CT molecular complexity index is 690. The first kappa shape index (κ1) is 15.2. The van der Waals surface area contributed by atoms with Gasteiger partial charge in [0, 0.05) is 36.1 Å². The molecule has 122 valence electrons. The first-order chi connectivity index (χ1) is 11.7. The van der Waals surface area contributed by atoms with Gasteiger partial charge in [-0.25, -0.2) is 0 Å². The number of carbonyl (C=O) groups is 2. The molecule has 4 rings (SSSR count). The number of nitrogens with zero attached hydrogens (tertiary/aromatic N) is 2. The third-order valence-corrected chi connectivity index (χ3v) is 4.86. The Labute approximate surface area is 141 Å². The summed E-state index contributed by atoms with van der Waals surface area (Å²) in [6, 6.07) is 8.15. The molecule has 0 amide bonds. The van der Waals surface area contributed by atoms with Crippen LogP contribution in [0.2, 0.25) is 0 Å². The molecule has 0 aromatic carbocycles. The lowest BCUT2D eigenvalue weighted by Gasteiger charge is -2.01. The Morgan fingerprint density at radius 3 is 1.33 bits per heavy atom. The van der Waals surface area contributed by atoms with Crippen molar-refractivity contribution in [2.45, 2.75) is 38.8 Å². The van der Waals surface area contributed by atoms with Crippen molar-refractivity contribution in [3.8, 4) is 11.1 Å². The van der Waals surface area contributed by atoms with Crippen molar-refractivity contribution in [2.75, 3.05) is 0 Å². The maximum atomic E-state index is 11.9. The van der Waals surface area contributed by atoms with Crippen LogP contribution < -0.4 is 9.13 Å². The molecule has 24 heavy (non-hydrogen) atoms. The third kappa shape index (κ3) is 3.58. The topological polar surface area (TPSA) is 41.9 Å². The minimum absolute atomic E-state index is 0.306. The van der Waals surface area contributed by atoms with Crippen LogP contribution in [-0.4, -0.2) is 11.6 Å². The van der Waals surface area contributed by atoms with E-state index in [1.165, 1.54) is 0 Å². The molecular weight excluding hydrogens is 300 g/mol. The second kappa shape index (κ2) is 6.27. The van der Waals surface area contributed by atoms with Crippen LogP contribution in [0, 0.1) is 11.8 Å². The summed E-state index contributed by atoms with van der Waals surface area (Å²) in [6.07, 6.45) is 12.1. The normalized spacial score (nSPS) is 16.8. The summed E-state index contributed by atoms with van der Waals surface area (Å²) >= 11 is 0. The number of hydrogen-bond donors (Lipinski definition) is 0. The smallest absolute Gasteiger partial charge is 0.206 e. The number of Topliss-reactive ketones (excluding diaryl/α,β-unsaturated/α-hetero) is 2. The molecule has 2 saturated carbocycles. The van der Waals surface area contributed by atoms with Crippen molar-refractivity contribution in [3.63, 3.8) is 0 Å². The van der Waals surface area contributed by atoms with Gasteiger partial charge in [0.05, 0.1) is 0 Å². The fourth-order valence-corrected chi connectivity index (χ4v) is 2.94. The summed E-state index contributed by atoms with van der Waals surface area (Å²) in [5.74, 6) is 1.29. The van der Waals surface area contributed by atoms with Gasteiger partial charge in [-0.05, 0) is 36.8 Å². The molecule has 4 nitrogen and oxygen atoms in total. The Morgan fingerprint density at radius 1 is 0.708 bits per heavy atom. The lowest BCUT2D eigenvalue weighted by atomic mass is 10.1. The van der Waals surface area contributed by atoms with Crippen LogP contribution in [0.5, 0.6) is 0 Å². The van der Waals surface area contributed by atoms with E-state index in [1.54, 1.807) is 0 Å². The zero-order valence-electron chi connectivity index (χ0n) is 13.7. The second-order valence-electron chi connectivity index (χ2n) is 7.00. The van der Waals surface area contributed by atoms with E-state index in [2.05, 4.69) is 0 Å². The lowest BCUT2D eigenvalue weighted by molar-refractivity contribution is -0.684. The number of rotatable bonds is 7. The Balaban J connectivity index is 1.41. The highest BCUT2D eigenvalue weighted by molar-refractivity contribution is 5.82. The number of aromatic nitrogens is 2. The fourth-order valence-electron chi connectivity index (χ4n) is 2.94. The molecule has 2 aliphatic rings. The number of pyridine rings is 2. The summed E-state index contributed by atoms with van der Waals surface area (Å²) in [4.78, 5) is 23.7. The van der Waals surface area contributed by atoms with Crippen LogP contribution >= 0.6 is 0 Å². The molecule has 0 aliphatic heterocycles. The Kier molecular flexibility index (Phi) is 3.97. The third-order valence-electron chi connectivity index (χ3n) is 4.86. The molecule has 0 spiro atoms. The standard InChI is InChI=1S/C20H22N2O2/c23-19(17-1-2-17)13-21-9-5-15(6-10-21)16-7-11-22(12-8-16)14-20(24)18-3-4-18/h5-12,17-18H,1-4,13-14H2/q+2. The number of hydrogen-bond acceptors (Lipinski definition) is 2. The summed E-state index contributed by atoms with van der Waals surface area (Å²) < 4.78 is 3.89. The van der Waals surface area contributed by atoms with E-state index >= 15 is 0 Å². The lowest BCUT2D eigenvalue weighted by Crippen LogP contribution is -2.38. The van der Waals surface area contributed by atoms with Gasteiger partial charge in [-0.3, -0.25) is 9.59 Å². The van der Waals surface area contributed by atoms with Gasteiger partial charge in [-0.1, -0.05) is 0 Å². The second-order valence-corrected chi connectivity index (χ2v) is 7.00. The van der Waals surface area contributed by atoms with E-state index in [9.17, 15) is 9.59 Å². The number of carbonyl (C=O) groups excluding carboxylic acids is 2. The molecule has 0 unspecified atom stereocenters.